The zero-order valence-electron chi connectivity index (χ0n) is 15.9. The second-order valence-electron chi connectivity index (χ2n) is 8.48. The van der Waals surface area contributed by atoms with Crippen molar-refractivity contribution in [1.29, 1.82) is 0 Å². The Balaban J connectivity index is 1.39. The third-order valence-electron chi connectivity index (χ3n) is 5.23. The van der Waals surface area contributed by atoms with Gasteiger partial charge in [0.25, 0.3) is 0 Å². The van der Waals surface area contributed by atoms with Crippen LogP contribution in [0.15, 0.2) is 5.38 Å². The molecule has 1 aliphatic carbocycles. The lowest BCUT2D eigenvalue weighted by Gasteiger charge is -2.34. The molecule has 1 saturated heterocycles. The van der Waals surface area contributed by atoms with E-state index in [2.05, 4.69) is 41.3 Å². The van der Waals surface area contributed by atoms with Crippen LogP contribution in [0.5, 0.6) is 0 Å². The lowest BCUT2D eigenvalue weighted by molar-refractivity contribution is -0.123. The molecule has 2 fully saturated rings. The third kappa shape index (κ3) is 5.50. The van der Waals surface area contributed by atoms with Crippen LogP contribution in [0.2, 0.25) is 0 Å². The van der Waals surface area contributed by atoms with Gasteiger partial charge in [0.2, 0.25) is 5.91 Å². The van der Waals surface area contributed by atoms with Crippen molar-refractivity contribution in [3.63, 3.8) is 0 Å². The van der Waals surface area contributed by atoms with Gasteiger partial charge in [-0.25, -0.2) is 4.98 Å². The fraction of sp³-hybridized carbons (Fsp3) is 0.789. The SMILES string of the molecule is CC(C)(C)c1csc(CN2CCN(CC(=O)NC3CCCC3)CC2)n1. The molecule has 1 amide bonds. The van der Waals surface area contributed by atoms with E-state index in [0.717, 1.165) is 45.6 Å². The molecule has 2 heterocycles. The first-order valence-corrected chi connectivity index (χ1v) is 10.5. The highest BCUT2D eigenvalue weighted by Crippen LogP contribution is 2.24. The van der Waals surface area contributed by atoms with Gasteiger partial charge in [0.05, 0.1) is 18.8 Å². The third-order valence-corrected chi connectivity index (χ3v) is 6.07. The molecule has 25 heavy (non-hydrogen) atoms. The summed E-state index contributed by atoms with van der Waals surface area (Å²) in [7, 11) is 0. The number of amides is 1. The Morgan fingerprint density at radius 3 is 2.44 bits per heavy atom. The van der Waals surface area contributed by atoms with Crippen LogP contribution in [0.25, 0.3) is 0 Å². The molecule has 1 aromatic rings. The summed E-state index contributed by atoms with van der Waals surface area (Å²) < 4.78 is 0. The first kappa shape index (κ1) is 18.8. The molecule has 3 rings (SSSR count). The number of hydrogen-bond donors (Lipinski definition) is 1. The lowest BCUT2D eigenvalue weighted by Crippen LogP contribution is -2.50. The number of thiazole rings is 1. The van der Waals surface area contributed by atoms with Gasteiger partial charge in [-0.3, -0.25) is 14.6 Å². The molecule has 1 N–H and O–H groups in total. The average molecular weight is 365 g/mol. The number of nitrogens with zero attached hydrogens (tertiary/aromatic N) is 3. The van der Waals surface area contributed by atoms with Crippen LogP contribution in [0, 0.1) is 0 Å². The summed E-state index contributed by atoms with van der Waals surface area (Å²) in [6.45, 7) is 12.1. The van der Waals surface area contributed by atoms with E-state index in [4.69, 9.17) is 4.98 Å². The van der Waals surface area contributed by atoms with Crippen LogP contribution in [-0.4, -0.2) is 59.5 Å². The van der Waals surface area contributed by atoms with E-state index in [-0.39, 0.29) is 11.3 Å². The zero-order chi connectivity index (χ0) is 17.9. The van der Waals surface area contributed by atoms with Crippen LogP contribution in [0.4, 0.5) is 0 Å². The fourth-order valence-electron chi connectivity index (χ4n) is 3.57. The minimum atomic E-state index is 0.125. The van der Waals surface area contributed by atoms with Gasteiger partial charge in [0, 0.05) is 43.0 Å². The molecule has 1 saturated carbocycles. The maximum atomic E-state index is 12.2. The van der Waals surface area contributed by atoms with Crippen molar-refractivity contribution >= 4 is 17.2 Å². The van der Waals surface area contributed by atoms with Gasteiger partial charge >= 0.3 is 0 Å². The second kappa shape index (κ2) is 8.14. The predicted octanol–water partition coefficient (Wildman–Crippen LogP) is 2.62. The monoisotopic (exact) mass is 364 g/mol. The molecule has 1 aliphatic heterocycles. The molecule has 0 unspecified atom stereocenters. The molecule has 0 spiro atoms. The maximum absolute atomic E-state index is 12.2. The Labute approximate surface area is 155 Å². The Morgan fingerprint density at radius 2 is 1.84 bits per heavy atom. The number of nitrogens with one attached hydrogen (secondary N) is 1. The Kier molecular flexibility index (Phi) is 6.12. The van der Waals surface area contributed by atoms with Gasteiger partial charge in [0.15, 0.2) is 0 Å². The number of aromatic nitrogens is 1. The highest BCUT2D eigenvalue weighted by molar-refractivity contribution is 7.09. The highest BCUT2D eigenvalue weighted by Gasteiger charge is 2.23. The molecule has 0 atom stereocenters. The minimum Gasteiger partial charge on any atom is -0.352 e. The summed E-state index contributed by atoms with van der Waals surface area (Å²) in [6.07, 6.45) is 4.84. The average Bonchev–Trinajstić information content (AvgIpc) is 3.20. The molecular formula is C19H32N4OS. The van der Waals surface area contributed by atoms with Crippen molar-refractivity contribution < 1.29 is 4.79 Å². The van der Waals surface area contributed by atoms with E-state index in [1.165, 1.54) is 23.5 Å². The summed E-state index contributed by atoms with van der Waals surface area (Å²) in [5.41, 5.74) is 1.31. The number of hydrogen-bond acceptors (Lipinski definition) is 5. The van der Waals surface area contributed by atoms with E-state index < -0.39 is 0 Å². The van der Waals surface area contributed by atoms with Crippen LogP contribution in [0.1, 0.15) is 57.2 Å². The number of piperazine rings is 1. The van der Waals surface area contributed by atoms with Crippen molar-refractivity contribution in [2.45, 2.75) is 64.5 Å². The normalized spacial score (nSPS) is 20.9. The highest BCUT2D eigenvalue weighted by atomic mass is 32.1. The van der Waals surface area contributed by atoms with Crippen molar-refractivity contribution in [2.24, 2.45) is 0 Å². The number of carbonyl (C=O) groups is 1. The largest absolute Gasteiger partial charge is 0.352 e. The summed E-state index contributed by atoms with van der Waals surface area (Å²) in [6, 6.07) is 0.427. The second-order valence-corrected chi connectivity index (χ2v) is 9.42. The summed E-state index contributed by atoms with van der Waals surface area (Å²) in [5.74, 6) is 0.204. The van der Waals surface area contributed by atoms with Gasteiger partial charge in [-0.15, -0.1) is 11.3 Å². The van der Waals surface area contributed by atoms with E-state index in [0.29, 0.717) is 12.6 Å². The van der Waals surface area contributed by atoms with Crippen LogP contribution in [0.3, 0.4) is 0 Å². The summed E-state index contributed by atoms with van der Waals surface area (Å²) in [4.78, 5) is 21.7. The molecule has 0 aromatic carbocycles. The Morgan fingerprint density at radius 1 is 1.20 bits per heavy atom. The van der Waals surface area contributed by atoms with E-state index in [1.54, 1.807) is 11.3 Å². The van der Waals surface area contributed by atoms with Crippen LogP contribution >= 0.6 is 11.3 Å². The lowest BCUT2D eigenvalue weighted by atomic mass is 9.93. The van der Waals surface area contributed by atoms with Gasteiger partial charge in [-0.2, -0.15) is 0 Å². The first-order chi connectivity index (χ1) is 11.9. The van der Waals surface area contributed by atoms with Crippen LogP contribution in [-0.2, 0) is 16.8 Å². The van der Waals surface area contributed by atoms with Crippen molar-refractivity contribution in [3.8, 4) is 0 Å². The van der Waals surface area contributed by atoms with Gasteiger partial charge in [-0.05, 0) is 12.8 Å². The molecule has 1 aromatic heterocycles. The van der Waals surface area contributed by atoms with E-state index >= 15 is 0 Å². The van der Waals surface area contributed by atoms with E-state index in [1.807, 2.05) is 0 Å². The number of rotatable bonds is 5. The summed E-state index contributed by atoms with van der Waals surface area (Å²) >= 11 is 1.77. The van der Waals surface area contributed by atoms with Crippen molar-refractivity contribution in [3.05, 3.63) is 16.1 Å². The molecule has 6 heteroatoms. The van der Waals surface area contributed by atoms with Crippen molar-refractivity contribution in [2.75, 3.05) is 32.7 Å². The van der Waals surface area contributed by atoms with Crippen molar-refractivity contribution in [1.82, 2.24) is 20.1 Å². The molecular weight excluding hydrogens is 332 g/mol. The number of carbonyl (C=O) groups excluding carboxylic acids is 1. The standard InChI is InChI=1S/C19H32N4OS/c1-19(2,3)16-14-25-18(21-16)13-23-10-8-22(9-11-23)12-17(24)20-15-6-4-5-7-15/h14-15H,4-13H2,1-3H3,(H,20,24). The smallest absolute Gasteiger partial charge is 0.234 e. The van der Waals surface area contributed by atoms with E-state index in [9.17, 15) is 4.79 Å². The predicted molar refractivity (Wildman–Crippen MR) is 103 cm³/mol. The topological polar surface area (TPSA) is 48.5 Å². The maximum Gasteiger partial charge on any atom is 0.234 e. The molecule has 140 valence electrons. The first-order valence-electron chi connectivity index (χ1n) is 9.59. The Bertz CT molecular complexity index is 566. The molecule has 2 aliphatic rings. The van der Waals surface area contributed by atoms with Gasteiger partial charge < -0.3 is 5.32 Å². The molecule has 0 bridgehead atoms. The quantitative estimate of drug-likeness (QED) is 0.872. The van der Waals surface area contributed by atoms with Crippen LogP contribution < -0.4 is 5.32 Å². The fourth-order valence-corrected chi connectivity index (χ4v) is 4.63. The van der Waals surface area contributed by atoms with Gasteiger partial charge in [0.1, 0.15) is 5.01 Å². The minimum absolute atomic E-state index is 0.125. The Hall–Kier alpha value is -0.980. The van der Waals surface area contributed by atoms with Gasteiger partial charge in [-0.1, -0.05) is 33.6 Å². The molecule has 0 radical (unpaired) electrons. The zero-order valence-corrected chi connectivity index (χ0v) is 16.7. The molecule has 5 nitrogen and oxygen atoms in total. The summed E-state index contributed by atoms with van der Waals surface area (Å²) in [5, 5.41) is 6.59.